The molecule has 3 saturated heterocycles. The predicted molar refractivity (Wildman–Crippen MR) is 93.1 cm³/mol. The van der Waals surface area contributed by atoms with E-state index in [1.54, 1.807) is 0 Å². The summed E-state index contributed by atoms with van der Waals surface area (Å²) in [6.07, 6.45) is 3.14. The van der Waals surface area contributed by atoms with Crippen LogP contribution in [0.15, 0.2) is 0 Å². The Hall–Kier alpha value is -1.51. The molecule has 25 heavy (non-hydrogen) atoms. The molecular weight excluding hydrogens is 322 g/mol. The molecule has 0 spiro atoms. The van der Waals surface area contributed by atoms with Crippen molar-refractivity contribution in [1.29, 1.82) is 0 Å². The molecule has 3 aliphatic rings. The Balaban J connectivity index is 1.53. The van der Waals surface area contributed by atoms with E-state index in [2.05, 4.69) is 26.7 Å². The lowest BCUT2D eigenvalue weighted by Gasteiger charge is -2.25. The van der Waals surface area contributed by atoms with Crippen molar-refractivity contribution in [1.82, 2.24) is 15.0 Å². The number of rotatable bonds is 11. The average molecular weight is 349 g/mol. The Morgan fingerprint density at radius 3 is 1.80 bits per heavy atom. The van der Waals surface area contributed by atoms with Gasteiger partial charge in [-0.15, -0.1) is 0 Å². The molecule has 0 N–H and O–H groups in total. The second-order valence-corrected chi connectivity index (χ2v) is 7.05. The number of aromatic nitrogens is 3. The van der Waals surface area contributed by atoms with Crippen molar-refractivity contribution in [3.8, 4) is 0 Å². The standard InChI is InChI=1S/C17H27N5O3/c1-3-4-5-21(6-13-9-23-13)16-18-12(2)19-17(20-16)22(7-14-10-24-14)8-15-11-25-15/h13-15H,3-11H2,1-2H3. The molecule has 3 unspecified atom stereocenters. The smallest absolute Gasteiger partial charge is 0.230 e. The van der Waals surface area contributed by atoms with Crippen LogP contribution in [0.4, 0.5) is 11.9 Å². The van der Waals surface area contributed by atoms with Crippen molar-refractivity contribution in [2.24, 2.45) is 0 Å². The van der Waals surface area contributed by atoms with Gasteiger partial charge in [-0.25, -0.2) is 0 Å². The number of hydrogen-bond acceptors (Lipinski definition) is 8. The van der Waals surface area contributed by atoms with E-state index < -0.39 is 0 Å². The van der Waals surface area contributed by atoms with E-state index in [9.17, 15) is 0 Å². The summed E-state index contributed by atoms with van der Waals surface area (Å²) in [6, 6.07) is 0. The lowest BCUT2D eigenvalue weighted by atomic mass is 10.3. The minimum atomic E-state index is 0.287. The van der Waals surface area contributed by atoms with Crippen molar-refractivity contribution in [3.05, 3.63) is 5.82 Å². The summed E-state index contributed by atoms with van der Waals surface area (Å²) < 4.78 is 16.2. The first-order valence-electron chi connectivity index (χ1n) is 9.28. The highest BCUT2D eigenvalue weighted by Gasteiger charge is 2.33. The summed E-state index contributed by atoms with van der Waals surface area (Å²) in [5, 5.41) is 0. The monoisotopic (exact) mass is 349 g/mol. The maximum atomic E-state index is 5.41. The molecule has 4 heterocycles. The van der Waals surface area contributed by atoms with Gasteiger partial charge in [-0.1, -0.05) is 13.3 Å². The highest BCUT2D eigenvalue weighted by molar-refractivity contribution is 5.40. The van der Waals surface area contributed by atoms with Gasteiger partial charge in [0.05, 0.1) is 38.1 Å². The minimum absolute atomic E-state index is 0.287. The fraction of sp³-hybridized carbons (Fsp3) is 0.824. The van der Waals surface area contributed by atoms with Crippen LogP contribution in [0.5, 0.6) is 0 Å². The number of hydrogen-bond donors (Lipinski definition) is 0. The lowest BCUT2D eigenvalue weighted by molar-refractivity contribution is 0.387. The van der Waals surface area contributed by atoms with Crippen LogP contribution in [0.2, 0.25) is 0 Å². The SMILES string of the molecule is CCCCN(CC1CO1)c1nc(C)nc(N(CC2CO2)CC2CO2)n1. The first-order chi connectivity index (χ1) is 12.2. The summed E-state index contributed by atoms with van der Waals surface area (Å²) in [5.41, 5.74) is 0. The fourth-order valence-corrected chi connectivity index (χ4v) is 2.85. The van der Waals surface area contributed by atoms with Crippen LogP contribution in [0, 0.1) is 6.92 Å². The topological polar surface area (TPSA) is 82.7 Å². The highest BCUT2D eigenvalue weighted by Crippen LogP contribution is 2.22. The Morgan fingerprint density at radius 1 is 0.840 bits per heavy atom. The third-order valence-corrected chi connectivity index (χ3v) is 4.55. The molecule has 0 bridgehead atoms. The maximum absolute atomic E-state index is 5.41. The minimum Gasteiger partial charge on any atom is -0.371 e. The molecule has 4 rings (SSSR count). The summed E-state index contributed by atoms with van der Waals surface area (Å²) in [7, 11) is 0. The van der Waals surface area contributed by atoms with Crippen LogP contribution in [0.3, 0.4) is 0 Å². The zero-order valence-electron chi connectivity index (χ0n) is 15.1. The lowest BCUT2D eigenvalue weighted by Crippen LogP contribution is -2.35. The van der Waals surface area contributed by atoms with E-state index in [0.29, 0.717) is 6.10 Å². The normalized spacial score (nSPS) is 26.4. The second-order valence-electron chi connectivity index (χ2n) is 7.05. The Kier molecular flexibility index (Phi) is 5.00. The van der Waals surface area contributed by atoms with Crippen molar-refractivity contribution in [2.45, 2.75) is 45.0 Å². The van der Waals surface area contributed by atoms with E-state index >= 15 is 0 Å². The number of anilines is 2. The van der Waals surface area contributed by atoms with Crippen LogP contribution in [-0.4, -0.2) is 79.3 Å². The van der Waals surface area contributed by atoms with Gasteiger partial charge in [0.25, 0.3) is 0 Å². The van der Waals surface area contributed by atoms with Gasteiger partial charge in [0, 0.05) is 26.2 Å². The van der Waals surface area contributed by atoms with Crippen LogP contribution in [0.25, 0.3) is 0 Å². The van der Waals surface area contributed by atoms with Crippen molar-refractivity contribution in [3.63, 3.8) is 0 Å². The van der Waals surface area contributed by atoms with Crippen molar-refractivity contribution >= 4 is 11.9 Å². The summed E-state index contributed by atoms with van der Waals surface area (Å²) >= 11 is 0. The number of aryl methyl sites for hydroxylation is 1. The molecule has 138 valence electrons. The van der Waals surface area contributed by atoms with E-state index in [-0.39, 0.29) is 12.2 Å². The van der Waals surface area contributed by atoms with Crippen LogP contribution in [-0.2, 0) is 14.2 Å². The molecule has 0 radical (unpaired) electrons. The molecule has 3 atom stereocenters. The van der Waals surface area contributed by atoms with Gasteiger partial charge in [0.1, 0.15) is 5.82 Å². The van der Waals surface area contributed by atoms with Gasteiger partial charge >= 0.3 is 0 Å². The van der Waals surface area contributed by atoms with Crippen LogP contribution < -0.4 is 9.80 Å². The fourth-order valence-electron chi connectivity index (χ4n) is 2.85. The van der Waals surface area contributed by atoms with E-state index in [1.807, 2.05) is 6.92 Å². The molecule has 0 amide bonds. The van der Waals surface area contributed by atoms with Gasteiger partial charge in [-0.05, 0) is 13.3 Å². The Labute approximate surface area is 148 Å². The summed E-state index contributed by atoms with van der Waals surface area (Å²) in [4.78, 5) is 18.4. The summed E-state index contributed by atoms with van der Waals surface area (Å²) in [5.74, 6) is 2.23. The maximum Gasteiger partial charge on any atom is 0.230 e. The van der Waals surface area contributed by atoms with Crippen molar-refractivity contribution < 1.29 is 14.2 Å². The van der Waals surface area contributed by atoms with E-state index in [0.717, 1.165) is 76.6 Å². The second kappa shape index (κ2) is 7.39. The largest absolute Gasteiger partial charge is 0.371 e. The molecule has 0 aliphatic carbocycles. The first-order valence-corrected chi connectivity index (χ1v) is 9.28. The zero-order valence-corrected chi connectivity index (χ0v) is 15.1. The number of nitrogens with zero attached hydrogens (tertiary/aromatic N) is 5. The molecule has 8 nitrogen and oxygen atoms in total. The molecule has 1 aromatic heterocycles. The van der Waals surface area contributed by atoms with Gasteiger partial charge in [-0.3, -0.25) is 0 Å². The summed E-state index contributed by atoms with van der Waals surface area (Å²) in [6.45, 7) is 10.0. The Bertz CT molecular complexity index is 576. The van der Waals surface area contributed by atoms with Crippen LogP contribution >= 0.6 is 0 Å². The van der Waals surface area contributed by atoms with Gasteiger partial charge in [-0.2, -0.15) is 15.0 Å². The van der Waals surface area contributed by atoms with E-state index in [4.69, 9.17) is 19.2 Å². The van der Waals surface area contributed by atoms with Gasteiger partial charge in [0.2, 0.25) is 11.9 Å². The molecule has 0 aromatic carbocycles. The van der Waals surface area contributed by atoms with E-state index in [1.165, 1.54) is 0 Å². The third-order valence-electron chi connectivity index (χ3n) is 4.55. The highest BCUT2D eigenvalue weighted by atomic mass is 16.6. The van der Waals surface area contributed by atoms with Crippen molar-refractivity contribution in [2.75, 3.05) is 55.8 Å². The molecule has 0 saturated carbocycles. The Morgan fingerprint density at radius 2 is 1.32 bits per heavy atom. The number of ether oxygens (including phenoxy) is 3. The molecule has 3 fully saturated rings. The number of unbranched alkanes of at least 4 members (excludes halogenated alkanes) is 1. The molecule has 1 aromatic rings. The predicted octanol–water partition coefficient (Wildman–Crippen LogP) is 0.789. The third kappa shape index (κ3) is 4.99. The van der Waals surface area contributed by atoms with Crippen LogP contribution in [0.1, 0.15) is 25.6 Å². The van der Waals surface area contributed by atoms with Gasteiger partial charge in [0.15, 0.2) is 0 Å². The quantitative estimate of drug-likeness (QED) is 0.542. The molecular formula is C17H27N5O3. The molecule has 8 heteroatoms. The first kappa shape index (κ1) is 16.9. The zero-order chi connectivity index (χ0) is 17.2. The average Bonchev–Trinajstić information content (AvgIpc) is 3.44. The molecule has 3 aliphatic heterocycles. The number of epoxide rings is 3. The van der Waals surface area contributed by atoms with Gasteiger partial charge < -0.3 is 24.0 Å².